The number of methoxy groups -OCH3 is 1. The zero-order valence-corrected chi connectivity index (χ0v) is 16.4. The summed E-state index contributed by atoms with van der Waals surface area (Å²) in [5.74, 6) is 0.912. The van der Waals surface area contributed by atoms with Gasteiger partial charge >= 0.3 is 0 Å². The summed E-state index contributed by atoms with van der Waals surface area (Å²) >= 11 is 0. The van der Waals surface area contributed by atoms with E-state index < -0.39 is 5.41 Å². The zero-order valence-electron chi connectivity index (χ0n) is 16.4. The third kappa shape index (κ3) is 5.16. The molecular weight excluding hydrogens is 360 g/mol. The topological polar surface area (TPSA) is 104 Å². The van der Waals surface area contributed by atoms with Gasteiger partial charge in [0, 0.05) is 23.6 Å². The molecule has 0 saturated heterocycles. The number of ketones is 2. The number of fused-ring (bicyclic) bond motifs is 1. The molecule has 1 saturated carbocycles. The zero-order chi connectivity index (χ0) is 20.7. The second-order valence-corrected chi connectivity index (χ2v) is 7.55. The number of ether oxygens (including phenoxy) is 1. The van der Waals surface area contributed by atoms with Crippen LogP contribution in [0.1, 0.15) is 37.7 Å². The first-order valence-corrected chi connectivity index (χ1v) is 9.29. The molecule has 152 valence electrons. The number of hydrogen-bond acceptors (Lipinski definition) is 6. The van der Waals surface area contributed by atoms with E-state index in [4.69, 9.17) is 20.1 Å². The minimum atomic E-state index is -0.708. The fourth-order valence-corrected chi connectivity index (χ4v) is 3.18. The van der Waals surface area contributed by atoms with Gasteiger partial charge in [-0.2, -0.15) is 0 Å². The van der Waals surface area contributed by atoms with Crippen molar-refractivity contribution >= 4 is 22.3 Å². The summed E-state index contributed by atoms with van der Waals surface area (Å²) in [7, 11) is 1.65. The molecule has 2 aromatic rings. The standard InChI is InChI=1S/C17H16O3.C5H12O3/c1-20-17-7-6-14(15-4-2-3-5-16(15)17)11-8-12(18)10-13(19)9-11;1-5(2-6,3-7)4-8/h2-7,11H,8-10H2,1H3;6-8H,2-4H2,1H3. The van der Waals surface area contributed by atoms with E-state index in [0.717, 1.165) is 22.1 Å². The van der Waals surface area contributed by atoms with Crippen molar-refractivity contribution < 1.29 is 29.6 Å². The van der Waals surface area contributed by atoms with E-state index in [-0.39, 0.29) is 43.7 Å². The highest BCUT2D eigenvalue weighted by Crippen LogP contribution is 2.37. The first-order chi connectivity index (χ1) is 13.4. The van der Waals surface area contributed by atoms with E-state index in [9.17, 15) is 9.59 Å². The molecule has 6 nitrogen and oxygen atoms in total. The van der Waals surface area contributed by atoms with Crippen LogP contribution < -0.4 is 4.74 Å². The number of aliphatic hydroxyl groups is 3. The largest absolute Gasteiger partial charge is 0.496 e. The number of rotatable bonds is 5. The van der Waals surface area contributed by atoms with Crippen molar-refractivity contribution in [2.75, 3.05) is 26.9 Å². The quantitative estimate of drug-likeness (QED) is 0.679. The van der Waals surface area contributed by atoms with Crippen molar-refractivity contribution in [3.05, 3.63) is 42.0 Å². The second-order valence-electron chi connectivity index (χ2n) is 7.55. The smallest absolute Gasteiger partial charge is 0.140 e. The lowest BCUT2D eigenvalue weighted by molar-refractivity contribution is -0.130. The average Bonchev–Trinajstić information content (AvgIpc) is 2.72. The number of carbonyl (C=O) groups excluding carboxylic acids is 2. The van der Waals surface area contributed by atoms with Gasteiger partial charge in [0.1, 0.15) is 17.3 Å². The third-order valence-corrected chi connectivity index (χ3v) is 5.07. The van der Waals surface area contributed by atoms with E-state index in [1.54, 1.807) is 14.0 Å². The van der Waals surface area contributed by atoms with Gasteiger partial charge in [0.25, 0.3) is 0 Å². The molecule has 3 N–H and O–H groups in total. The van der Waals surface area contributed by atoms with E-state index in [0.29, 0.717) is 12.8 Å². The van der Waals surface area contributed by atoms with Crippen LogP contribution >= 0.6 is 0 Å². The molecule has 0 radical (unpaired) electrons. The van der Waals surface area contributed by atoms with Crippen LogP contribution in [-0.4, -0.2) is 53.8 Å². The SMILES string of the molecule is CC(CO)(CO)CO.COc1ccc(C2CC(=O)CC(=O)C2)c2ccccc12. The summed E-state index contributed by atoms with van der Waals surface area (Å²) in [5.41, 5.74) is 0.364. The highest BCUT2D eigenvalue weighted by molar-refractivity contribution is 6.03. The van der Waals surface area contributed by atoms with Gasteiger partial charge in [0.2, 0.25) is 0 Å². The Labute approximate surface area is 164 Å². The number of benzene rings is 2. The van der Waals surface area contributed by atoms with E-state index in [2.05, 4.69) is 0 Å². The van der Waals surface area contributed by atoms with Crippen LogP contribution in [0.2, 0.25) is 0 Å². The van der Waals surface area contributed by atoms with Crippen molar-refractivity contribution in [3.63, 3.8) is 0 Å². The van der Waals surface area contributed by atoms with Crippen LogP contribution in [0.4, 0.5) is 0 Å². The van der Waals surface area contributed by atoms with Gasteiger partial charge in [-0.3, -0.25) is 9.59 Å². The summed E-state index contributed by atoms with van der Waals surface area (Å²) in [6, 6.07) is 11.9. The lowest BCUT2D eigenvalue weighted by Crippen LogP contribution is -2.29. The minimum Gasteiger partial charge on any atom is -0.496 e. The van der Waals surface area contributed by atoms with Crippen LogP contribution in [0, 0.1) is 5.41 Å². The molecule has 0 heterocycles. The molecule has 1 aliphatic carbocycles. The van der Waals surface area contributed by atoms with Crippen molar-refractivity contribution in [2.24, 2.45) is 5.41 Å². The van der Waals surface area contributed by atoms with Crippen LogP contribution in [-0.2, 0) is 9.59 Å². The Morgan fingerprint density at radius 2 is 1.46 bits per heavy atom. The monoisotopic (exact) mass is 388 g/mol. The van der Waals surface area contributed by atoms with Crippen LogP contribution in [0.5, 0.6) is 5.75 Å². The fraction of sp³-hybridized carbons (Fsp3) is 0.455. The maximum absolute atomic E-state index is 11.7. The van der Waals surface area contributed by atoms with Crippen molar-refractivity contribution in [3.8, 4) is 5.75 Å². The lowest BCUT2D eigenvalue weighted by Gasteiger charge is -2.22. The van der Waals surface area contributed by atoms with Gasteiger partial charge in [-0.25, -0.2) is 0 Å². The van der Waals surface area contributed by atoms with Gasteiger partial charge in [0.15, 0.2) is 0 Å². The van der Waals surface area contributed by atoms with Crippen LogP contribution in [0.3, 0.4) is 0 Å². The maximum atomic E-state index is 11.7. The molecule has 0 bridgehead atoms. The highest BCUT2D eigenvalue weighted by Gasteiger charge is 2.27. The molecule has 28 heavy (non-hydrogen) atoms. The van der Waals surface area contributed by atoms with Crippen molar-refractivity contribution in [1.29, 1.82) is 0 Å². The fourth-order valence-electron chi connectivity index (χ4n) is 3.18. The summed E-state index contributed by atoms with van der Waals surface area (Å²) in [6.07, 6.45) is 1.02. The Balaban J connectivity index is 0.000000300. The van der Waals surface area contributed by atoms with Gasteiger partial charge in [-0.15, -0.1) is 0 Å². The van der Waals surface area contributed by atoms with Gasteiger partial charge in [-0.05, 0) is 22.9 Å². The predicted molar refractivity (Wildman–Crippen MR) is 106 cm³/mol. The number of aliphatic hydroxyl groups excluding tert-OH is 3. The molecule has 0 amide bonds. The second kappa shape index (κ2) is 9.78. The molecule has 0 atom stereocenters. The highest BCUT2D eigenvalue weighted by atomic mass is 16.5. The Morgan fingerprint density at radius 1 is 0.929 bits per heavy atom. The maximum Gasteiger partial charge on any atom is 0.140 e. The number of carbonyl (C=O) groups is 2. The van der Waals surface area contributed by atoms with Gasteiger partial charge in [0.05, 0.1) is 33.4 Å². The summed E-state index contributed by atoms with van der Waals surface area (Å²) < 4.78 is 5.38. The summed E-state index contributed by atoms with van der Waals surface area (Å²) in [6.45, 7) is 1.06. The molecular formula is C22H28O6. The lowest BCUT2D eigenvalue weighted by atomic mass is 9.81. The molecule has 0 unspecified atom stereocenters. The van der Waals surface area contributed by atoms with Gasteiger partial charge in [-0.1, -0.05) is 37.3 Å². The average molecular weight is 388 g/mol. The molecule has 1 fully saturated rings. The van der Waals surface area contributed by atoms with Crippen molar-refractivity contribution in [1.82, 2.24) is 0 Å². The van der Waals surface area contributed by atoms with E-state index >= 15 is 0 Å². The Morgan fingerprint density at radius 3 is 1.93 bits per heavy atom. The first-order valence-electron chi connectivity index (χ1n) is 9.29. The van der Waals surface area contributed by atoms with Gasteiger partial charge < -0.3 is 20.1 Å². The van der Waals surface area contributed by atoms with Crippen molar-refractivity contribution in [2.45, 2.75) is 32.1 Å². The Hall–Kier alpha value is -2.28. The minimum absolute atomic E-state index is 0.000411. The summed E-state index contributed by atoms with van der Waals surface area (Å²) in [4.78, 5) is 23.3. The van der Waals surface area contributed by atoms with E-state index in [1.165, 1.54) is 0 Å². The van der Waals surface area contributed by atoms with E-state index in [1.807, 2.05) is 36.4 Å². The Bertz CT molecular complexity index is 801. The molecule has 0 aliphatic heterocycles. The first kappa shape index (κ1) is 22.0. The van der Waals surface area contributed by atoms with Crippen LogP contribution in [0.25, 0.3) is 10.8 Å². The molecule has 2 aromatic carbocycles. The molecule has 6 heteroatoms. The van der Waals surface area contributed by atoms with Crippen LogP contribution in [0.15, 0.2) is 36.4 Å². The third-order valence-electron chi connectivity index (χ3n) is 5.07. The number of Topliss-reactive ketones (excluding diaryl/α,β-unsaturated/α-hetero) is 2. The molecule has 1 aliphatic rings. The summed E-state index contributed by atoms with van der Waals surface area (Å²) in [5, 5.41) is 27.5. The molecule has 0 aromatic heterocycles. The molecule has 0 spiro atoms. The Kier molecular flexibility index (Phi) is 7.69. The molecule has 3 rings (SSSR count). The number of hydrogen-bond donors (Lipinski definition) is 3. The predicted octanol–water partition coefficient (Wildman–Crippen LogP) is 2.22. The normalized spacial score (nSPS) is 15.3.